The van der Waals surface area contributed by atoms with Gasteiger partial charge in [0.1, 0.15) is 5.75 Å². The fourth-order valence-electron chi connectivity index (χ4n) is 3.49. The minimum atomic E-state index is -0.306. The summed E-state index contributed by atoms with van der Waals surface area (Å²) in [4.78, 5) is 0. The average molecular weight is 302 g/mol. The van der Waals surface area contributed by atoms with E-state index in [0.717, 1.165) is 11.1 Å². The Morgan fingerprint density at radius 2 is 1.61 bits per heavy atom. The van der Waals surface area contributed by atoms with Gasteiger partial charge in [0.2, 0.25) is 0 Å². The van der Waals surface area contributed by atoms with Crippen LogP contribution in [-0.2, 0) is 5.41 Å². The molecule has 1 aliphatic rings. The fourth-order valence-corrected chi connectivity index (χ4v) is 3.49. The molecule has 0 saturated carbocycles. The van der Waals surface area contributed by atoms with Gasteiger partial charge in [-0.25, -0.2) is 0 Å². The summed E-state index contributed by atoms with van der Waals surface area (Å²) in [5.74, 6) is 0.733. The summed E-state index contributed by atoms with van der Waals surface area (Å²) in [6.45, 7) is 6.72. The maximum atomic E-state index is 9.11. The highest BCUT2D eigenvalue weighted by molar-refractivity contribution is 6.20. The van der Waals surface area contributed by atoms with E-state index in [1.807, 2.05) is 6.07 Å². The molecule has 23 heavy (non-hydrogen) atoms. The highest BCUT2D eigenvalue weighted by Gasteiger charge is 2.24. The molecule has 0 unspecified atom stereocenters. The van der Waals surface area contributed by atoms with E-state index in [-0.39, 0.29) is 13.1 Å². The Morgan fingerprint density at radius 1 is 0.870 bits per heavy atom. The zero-order chi connectivity index (χ0) is 16.2. The van der Waals surface area contributed by atoms with E-state index in [4.69, 9.17) is 9.68 Å². The van der Waals surface area contributed by atoms with Crippen molar-refractivity contribution in [1.29, 1.82) is 0 Å². The first-order chi connectivity index (χ1) is 11.0. The molecule has 1 aliphatic carbocycles. The summed E-state index contributed by atoms with van der Waals surface area (Å²) in [6.07, 6.45) is 0. The lowest BCUT2D eigenvalue weighted by Crippen LogP contribution is -2.10. The van der Waals surface area contributed by atoms with Crippen LogP contribution in [0.1, 0.15) is 26.3 Å². The molecule has 1 N–H and O–H groups in total. The predicted octanol–water partition coefficient (Wildman–Crippen LogP) is 4.42. The monoisotopic (exact) mass is 302 g/mol. The Kier molecular flexibility index (Phi) is 3.04. The van der Waals surface area contributed by atoms with Crippen molar-refractivity contribution in [1.82, 2.24) is 0 Å². The molecule has 0 fully saturated rings. The van der Waals surface area contributed by atoms with Crippen molar-refractivity contribution in [2.24, 2.45) is 0 Å². The van der Waals surface area contributed by atoms with E-state index in [0.29, 0.717) is 0 Å². The summed E-state index contributed by atoms with van der Waals surface area (Å²) in [5, 5.41) is 11.4. The molecule has 0 spiro atoms. The zero-order valence-corrected chi connectivity index (χ0v) is 13.7. The third-order valence-corrected chi connectivity index (χ3v) is 4.69. The molecule has 0 radical (unpaired) electrons. The van der Waals surface area contributed by atoms with Crippen molar-refractivity contribution in [2.45, 2.75) is 26.2 Å². The van der Waals surface area contributed by atoms with E-state index in [9.17, 15) is 0 Å². The van der Waals surface area contributed by atoms with Crippen molar-refractivity contribution in [3.63, 3.8) is 0 Å². The standard InChI is InChI=1S/C20H19BO2/c1-20(2,3)12-7-8-13-15-9-10-18(23-21-22)16-6-4-5-14(19(15)16)17(13)11-12/h4-11,21-22H,1-3H3. The van der Waals surface area contributed by atoms with Crippen LogP contribution >= 0.6 is 0 Å². The van der Waals surface area contributed by atoms with Gasteiger partial charge in [-0.3, -0.25) is 0 Å². The number of hydrogen-bond donors (Lipinski definition) is 1. The second-order valence-corrected chi connectivity index (χ2v) is 7.12. The van der Waals surface area contributed by atoms with Crippen LogP contribution < -0.4 is 4.65 Å². The van der Waals surface area contributed by atoms with Gasteiger partial charge in [0.25, 0.3) is 0 Å². The lowest BCUT2D eigenvalue weighted by molar-refractivity contribution is 0.457. The quantitative estimate of drug-likeness (QED) is 0.555. The molecule has 114 valence electrons. The molecular formula is C20H19BO2. The first-order valence-corrected chi connectivity index (χ1v) is 7.95. The average Bonchev–Trinajstić information content (AvgIpc) is 2.85. The van der Waals surface area contributed by atoms with Gasteiger partial charge in [-0.2, -0.15) is 0 Å². The number of fused-ring (bicyclic) bond motifs is 3. The first-order valence-electron chi connectivity index (χ1n) is 7.95. The van der Waals surface area contributed by atoms with E-state index >= 15 is 0 Å². The Morgan fingerprint density at radius 3 is 2.35 bits per heavy atom. The first kappa shape index (κ1) is 14.3. The molecule has 3 heteroatoms. The second kappa shape index (κ2) is 4.87. The molecule has 0 heterocycles. The molecule has 2 nitrogen and oxygen atoms in total. The summed E-state index contributed by atoms with van der Waals surface area (Å²) in [7, 11) is -0.306. The van der Waals surface area contributed by atoms with Crippen LogP contribution in [-0.4, -0.2) is 12.7 Å². The summed E-state index contributed by atoms with van der Waals surface area (Å²) in [5.41, 5.74) is 6.54. The largest absolute Gasteiger partial charge is 0.538 e. The SMILES string of the molecule is CC(C)(C)c1ccc2c(c1)-c1cccc3c(OBO)ccc-2c13. The van der Waals surface area contributed by atoms with E-state index in [2.05, 4.69) is 63.2 Å². The van der Waals surface area contributed by atoms with Gasteiger partial charge < -0.3 is 9.68 Å². The van der Waals surface area contributed by atoms with E-state index in [1.165, 1.54) is 33.2 Å². The molecule has 3 aromatic carbocycles. The smallest absolute Gasteiger partial charge is 0.504 e. The highest BCUT2D eigenvalue weighted by atomic mass is 16.5. The summed E-state index contributed by atoms with van der Waals surface area (Å²) in [6, 6.07) is 17.1. The molecule has 3 aromatic rings. The van der Waals surface area contributed by atoms with Crippen LogP contribution in [0.4, 0.5) is 0 Å². The minimum Gasteiger partial charge on any atom is -0.538 e. The molecule has 0 bridgehead atoms. The summed E-state index contributed by atoms with van der Waals surface area (Å²) < 4.78 is 5.39. The van der Waals surface area contributed by atoms with Crippen LogP contribution in [0.2, 0.25) is 0 Å². The normalized spacial score (nSPS) is 12.3. The van der Waals surface area contributed by atoms with Crippen LogP contribution in [0.5, 0.6) is 5.75 Å². The molecule has 0 atom stereocenters. The number of benzene rings is 3. The van der Waals surface area contributed by atoms with Crippen molar-refractivity contribution in [2.75, 3.05) is 0 Å². The van der Waals surface area contributed by atoms with Gasteiger partial charge in [0.05, 0.1) is 0 Å². The van der Waals surface area contributed by atoms with Crippen molar-refractivity contribution >= 4 is 18.5 Å². The lowest BCUT2D eigenvalue weighted by atomic mass is 9.85. The Balaban J connectivity index is 2.02. The van der Waals surface area contributed by atoms with E-state index < -0.39 is 0 Å². The molecule has 0 aromatic heterocycles. The van der Waals surface area contributed by atoms with Gasteiger partial charge in [0.15, 0.2) is 0 Å². The van der Waals surface area contributed by atoms with Crippen LogP contribution in [0.25, 0.3) is 33.0 Å². The van der Waals surface area contributed by atoms with Crippen LogP contribution in [0.15, 0.2) is 48.5 Å². The third kappa shape index (κ3) is 2.07. The molecule has 0 saturated heterocycles. The second-order valence-electron chi connectivity index (χ2n) is 7.12. The highest BCUT2D eigenvalue weighted by Crippen LogP contribution is 2.50. The zero-order valence-electron chi connectivity index (χ0n) is 13.7. The molecule has 4 rings (SSSR count). The molecular weight excluding hydrogens is 283 g/mol. The van der Waals surface area contributed by atoms with Gasteiger partial charge in [-0.05, 0) is 45.4 Å². The molecule has 0 aliphatic heterocycles. The number of hydrogen-bond acceptors (Lipinski definition) is 2. The topological polar surface area (TPSA) is 29.5 Å². The minimum absolute atomic E-state index is 0.128. The lowest BCUT2D eigenvalue weighted by Gasteiger charge is -2.20. The van der Waals surface area contributed by atoms with Crippen molar-refractivity contribution in [3.05, 3.63) is 54.1 Å². The molecule has 0 amide bonds. The number of rotatable bonds is 2. The Hall–Kier alpha value is -2.26. The maximum absolute atomic E-state index is 9.11. The van der Waals surface area contributed by atoms with Crippen LogP contribution in [0, 0.1) is 0 Å². The maximum Gasteiger partial charge on any atom is 0.504 e. The summed E-state index contributed by atoms with van der Waals surface area (Å²) >= 11 is 0. The fraction of sp³-hybridized carbons (Fsp3) is 0.200. The van der Waals surface area contributed by atoms with E-state index in [1.54, 1.807) is 0 Å². The Bertz CT molecular complexity index is 923. The Labute approximate surface area is 137 Å². The van der Waals surface area contributed by atoms with Crippen LogP contribution in [0.3, 0.4) is 0 Å². The predicted molar refractivity (Wildman–Crippen MR) is 97.1 cm³/mol. The van der Waals surface area contributed by atoms with Crippen molar-refractivity contribution in [3.8, 4) is 28.0 Å². The van der Waals surface area contributed by atoms with Gasteiger partial charge in [-0.1, -0.05) is 57.2 Å². The third-order valence-electron chi connectivity index (χ3n) is 4.69. The van der Waals surface area contributed by atoms with Gasteiger partial charge in [-0.15, -0.1) is 0 Å². The van der Waals surface area contributed by atoms with Gasteiger partial charge in [0, 0.05) is 10.8 Å². The van der Waals surface area contributed by atoms with Gasteiger partial charge >= 0.3 is 7.69 Å². The van der Waals surface area contributed by atoms with Crippen molar-refractivity contribution < 1.29 is 9.68 Å².